The minimum atomic E-state index is 0.119. The molecule has 1 aliphatic heterocycles. The van der Waals surface area contributed by atoms with Crippen molar-refractivity contribution < 1.29 is 9.66 Å². The number of nitrogens with one attached hydrogen (secondary N) is 1. The van der Waals surface area contributed by atoms with Gasteiger partial charge in [-0.15, -0.1) is 5.43 Å². The van der Waals surface area contributed by atoms with Crippen molar-refractivity contribution in [2.75, 3.05) is 13.1 Å². The summed E-state index contributed by atoms with van der Waals surface area (Å²) in [5.41, 5.74) is 2.42. The van der Waals surface area contributed by atoms with Crippen molar-refractivity contribution in [1.29, 1.82) is 0 Å². The normalized spacial score (nSPS) is 20.9. The minimum Gasteiger partial charge on any atom is -0.297 e. The average Bonchev–Trinajstić information content (AvgIpc) is 1.97. The Hall–Kier alpha value is -0.930. The average molecular weight is 129 g/mol. The summed E-state index contributed by atoms with van der Waals surface area (Å²) in [6.07, 6.45) is 1.21. The minimum absolute atomic E-state index is 0.119. The zero-order chi connectivity index (χ0) is 6.69. The summed E-state index contributed by atoms with van der Waals surface area (Å²) >= 11 is 0. The molecule has 0 aromatic rings. The van der Waals surface area contributed by atoms with Crippen molar-refractivity contribution in [3.05, 3.63) is 4.91 Å². The second-order valence-electron chi connectivity index (χ2n) is 2.08. The molecule has 4 heteroatoms. The van der Waals surface area contributed by atoms with Gasteiger partial charge in [-0.25, -0.2) is 0 Å². The number of nitrogens with zero attached hydrogens (tertiary/aromatic N) is 1. The fraction of sp³-hybridized carbons (Fsp3) is 0.800. The number of nitroso groups, excluding NO2 is 1. The second-order valence-corrected chi connectivity index (χ2v) is 2.08. The molecule has 1 rings (SSSR count). The monoisotopic (exact) mass is 129 g/mol. The van der Waals surface area contributed by atoms with Crippen LogP contribution in [-0.4, -0.2) is 23.7 Å². The number of rotatable bonds is 0. The summed E-state index contributed by atoms with van der Waals surface area (Å²) in [5, 5.41) is 0. The van der Waals surface area contributed by atoms with Crippen molar-refractivity contribution in [3.8, 4) is 0 Å². The first-order chi connectivity index (χ1) is 4.29. The van der Waals surface area contributed by atoms with Crippen molar-refractivity contribution >= 4 is 5.78 Å². The van der Waals surface area contributed by atoms with Crippen LogP contribution in [-0.2, 0) is 4.79 Å². The Balaban J connectivity index is 2.43. The first-order valence-corrected chi connectivity index (χ1v) is 2.99. The van der Waals surface area contributed by atoms with E-state index in [4.69, 9.17) is 0 Å². The summed E-state index contributed by atoms with van der Waals surface area (Å²) in [6.45, 7) is 0.620. The van der Waals surface area contributed by atoms with E-state index in [1.165, 1.54) is 0 Å². The molecule has 4 nitrogen and oxygen atoms in total. The number of hydrogen-bond donors (Lipinski definition) is 1. The predicted molar refractivity (Wildman–Crippen MR) is 30.7 cm³/mol. The van der Waals surface area contributed by atoms with Crippen LogP contribution >= 0.6 is 0 Å². The summed E-state index contributed by atoms with van der Waals surface area (Å²) < 4.78 is 0. The Morgan fingerprint density at radius 3 is 3.11 bits per heavy atom. The summed E-state index contributed by atoms with van der Waals surface area (Å²) in [6, 6.07) is 0. The molecule has 0 amide bonds. The van der Waals surface area contributed by atoms with Gasteiger partial charge in [0.25, 0.3) is 0 Å². The topological polar surface area (TPSA) is 49.2 Å². The van der Waals surface area contributed by atoms with Gasteiger partial charge < -0.3 is 0 Å². The largest absolute Gasteiger partial charge is 0.297 e. The Bertz CT molecular complexity index is 128. The van der Waals surface area contributed by atoms with Crippen molar-refractivity contribution in [2.24, 2.45) is 0 Å². The van der Waals surface area contributed by atoms with Crippen LogP contribution in [0.4, 0.5) is 0 Å². The number of carbonyl (C=O) groups is 1. The molecule has 1 N–H and O–H groups in total. The van der Waals surface area contributed by atoms with Crippen LogP contribution in [0.1, 0.15) is 12.8 Å². The van der Waals surface area contributed by atoms with Gasteiger partial charge in [-0.2, -0.15) is 0 Å². The lowest BCUT2D eigenvalue weighted by molar-refractivity contribution is -0.603. The molecular formula is C5H9N2O2+. The van der Waals surface area contributed by atoms with Crippen molar-refractivity contribution in [2.45, 2.75) is 12.8 Å². The lowest BCUT2D eigenvalue weighted by atomic mass is 10.2. The molecule has 0 aliphatic carbocycles. The van der Waals surface area contributed by atoms with E-state index in [-0.39, 0.29) is 12.3 Å². The Kier molecular flexibility index (Phi) is 1.77. The fourth-order valence-corrected chi connectivity index (χ4v) is 0.764. The maximum atomic E-state index is 10.6. The summed E-state index contributed by atoms with van der Waals surface area (Å²) in [5.74, 6) is 0.119. The van der Waals surface area contributed by atoms with Crippen molar-refractivity contribution in [3.63, 3.8) is 0 Å². The van der Waals surface area contributed by atoms with Crippen LogP contribution in [0.5, 0.6) is 0 Å². The van der Waals surface area contributed by atoms with E-state index in [1.807, 2.05) is 0 Å². The molecule has 0 spiro atoms. The molecule has 50 valence electrons. The molecule has 0 atom stereocenters. The second kappa shape index (κ2) is 2.57. The molecule has 0 unspecified atom stereocenters. The van der Waals surface area contributed by atoms with E-state index in [0.717, 1.165) is 0 Å². The van der Waals surface area contributed by atoms with Gasteiger partial charge in [0, 0.05) is 12.8 Å². The van der Waals surface area contributed by atoms with Crippen LogP contribution < -0.4 is 5.43 Å². The molecule has 9 heavy (non-hydrogen) atoms. The van der Waals surface area contributed by atoms with Gasteiger partial charge in [-0.1, -0.05) is 0 Å². The van der Waals surface area contributed by atoms with Crippen LogP contribution in [0.2, 0.25) is 0 Å². The van der Waals surface area contributed by atoms with E-state index in [2.05, 4.69) is 5.43 Å². The van der Waals surface area contributed by atoms with Crippen molar-refractivity contribution in [1.82, 2.24) is 5.43 Å². The van der Waals surface area contributed by atoms with E-state index in [9.17, 15) is 9.70 Å². The zero-order valence-electron chi connectivity index (χ0n) is 5.09. The lowest BCUT2D eigenvalue weighted by Crippen LogP contribution is -2.28. The maximum Gasteiger partial charge on any atom is 0.225 e. The fourth-order valence-electron chi connectivity index (χ4n) is 0.764. The van der Waals surface area contributed by atoms with Crippen LogP contribution in [0, 0.1) is 4.91 Å². The molecule has 0 aromatic heterocycles. The smallest absolute Gasteiger partial charge is 0.225 e. The molecule has 1 fully saturated rings. The molecule has 0 bridgehead atoms. The highest BCUT2D eigenvalue weighted by molar-refractivity contribution is 5.80. The van der Waals surface area contributed by atoms with E-state index in [1.54, 1.807) is 0 Å². The maximum absolute atomic E-state index is 10.6. The molecule has 1 aliphatic rings. The van der Waals surface area contributed by atoms with E-state index >= 15 is 0 Å². The highest BCUT2D eigenvalue weighted by atomic mass is 16.3. The molecule has 0 radical (unpaired) electrons. The van der Waals surface area contributed by atoms with Crippen LogP contribution in [0.15, 0.2) is 0 Å². The van der Waals surface area contributed by atoms with E-state index < -0.39 is 0 Å². The van der Waals surface area contributed by atoms with Crippen LogP contribution in [0.25, 0.3) is 0 Å². The first-order valence-electron chi connectivity index (χ1n) is 2.99. The van der Waals surface area contributed by atoms with Gasteiger partial charge in [0.05, 0.1) is 4.91 Å². The van der Waals surface area contributed by atoms with Gasteiger partial charge in [-0.05, 0) is 0 Å². The van der Waals surface area contributed by atoms with E-state index in [0.29, 0.717) is 24.3 Å². The van der Waals surface area contributed by atoms with Gasteiger partial charge >= 0.3 is 0 Å². The Morgan fingerprint density at radius 1 is 1.56 bits per heavy atom. The predicted octanol–water partition coefficient (Wildman–Crippen LogP) is -0.367. The van der Waals surface area contributed by atoms with Gasteiger partial charge in [0.2, 0.25) is 6.54 Å². The molecule has 1 saturated heterocycles. The first kappa shape index (κ1) is 6.19. The third kappa shape index (κ3) is 1.79. The Labute approximate surface area is 52.8 Å². The number of hydrogen-bond acceptors (Lipinski definition) is 2. The summed E-state index contributed by atoms with van der Waals surface area (Å²) in [7, 11) is 0. The highest BCUT2D eigenvalue weighted by Crippen LogP contribution is 1.93. The van der Waals surface area contributed by atoms with Gasteiger partial charge in [0.15, 0.2) is 5.78 Å². The third-order valence-corrected chi connectivity index (χ3v) is 1.27. The third-order valence-electron chi connectivity index (χ3n) is 1.27. The molecular weight excluding hydrogens is 120 g/mol. The lowest BCUT2D eigenvalue weighted by Gasteiger charge is -1.85. The van der Waals surface area contributed by atoms with Crippen LogP contribution in [0.3, 0.4) is 0 Å². The highest BCUT2D eigenvalue weighted by Gasteiger charge is 2.15. The SMILES string of the molecule is O=C1CCC[N+](=O)NC1. The Morgan fingerprint density at radius 2 is 2.33 bits per heavy atom. The molecule has 0 saturated carbocycles. The summed E-state index contributed by atoms with van der Waals surface area (Å²) in [4.78, 5) is 21.8. The number of hydrazine groups is 1. The number of carbonyl (C=O) groups excluding carboxylic acids is 1. The number of ketones is 1. The van der Waals surface area contributed by atoms with Gasteiger partial charge in [-0.3, -0.25) is 4.79 Å². The molecule has 1 heterocycles. The van der Waals surface area contributed by atoms with Gasteiger partial charge in [0.1, 0.15) is 11.4 Å². The zero-order valence-corrected chi connectivity index (χ0v) is 5.09. The number of Topliss-reactive ketones (excluding diaryl/α,β-unsaturated/α-hetero) is 1. The quantitative estimate of drug-likeness (QED) is 0.454. The molecule has 0 aromatic carbocycles. The standard InChI is InChI=1S/C5H9N2O2/c8-5-2-1-3-7(9)6-4-5/h1-4H2,(H,6,9)/q+1.